The Labute approximate surface area is 172 Å². The molecule has 0 spiro atoms. The minimum atomic E-state index is -0.639. The van der Waals surface area contributed by atoms with Crippen molar-refractivity contribution in [3.05, 3.63) is 46.9 Å². The van der Waals surface area contributed by atoms with Crippen LogP contribution in [0.4, 0.5) is 5.13 Å². The van der Waals surface area contributed by atoms with Crippen molar-refractivity contribution in [2.45, 2.75) is 33.2 Å². The number of aromatic nitrogens is 2. The lowest BCUT2D eigenvalue weighted by Gasteiger charge is -2.28. The Morgan fingerprint density at radius 2 is 2.14 bits per heavy atom. The number of benzene rings is 1. The van der Waals surface area contributed by atoms with E-state index in [0.29, 0.717) is 33.9 Å². The summed E-state index contributed by atoms with van der Waals surface area (Å²) in [5.74, 6) is 1.18. The van der Waals surface area contributed by atoms with Crippen molar-refractivity contribution in [3.63, 3.8) is 0 Å². The molecule has 9 heteroatoms. The third kappa shape index (κ3) is 4.88. The van der Waals surface area contributed by atoms with E-state index in [1.807, 2.05) is 13.8 Å². The number of aryl methyl sites for hydroxylation is 1. The zero-order valence-corrected chi connectivity index (χ0v) is 17.4. The fourth-order valence-corrected chi connectivity index (χ4v) is 3.62. The fraction of sp³-hybridized carbons (Fsp3) is 0.368. The van der Waals surface area contributed by atoms with E-state index in [1.54, 1.807) is 31.2 Å². The number of hydrogen-bond acceptors (Lipinski definition) is 6. The van der Waals surface area contributed by atoms with E-state index in [4.69, 9.17) is 16.3 Å². The molecule has 0 unspecified atom stereocenters. The van der Waals surface area contributed by atoms with Gasteiger partial charge in [0.05, 0.1) is 11.6 Å². The van der Waals surface area contributed by atoms with Gasteiger partial charge in [-0.3, -0.25) is 14.9 Å². The van der Waals surface area contributed by atoms with Crippen molar-refractivity contribution >= 4 is 40.1 Å². The van der Waals surface area contributed by atoms with Crippen molar-refractivity contribution in [2.24, 2.45) is 5.92 Å². The Kier molecular flexibility index (Phi) is 6.31. The van der Waals surface area contributed by atoms with Crippen LogP contribution in [0, 0.1) is 12.8 Å². The van der Waals surface area contributed by atoms with Crippen LogP contribution >= 0.6 is 23.1 Å². The molecule has 2 amide bonds. The van der Waals surface area contributed by atoms with Gasteiger partial charge in [0.25, 0.3) is 5.91 Å². The molecule has 2 heterocycles. The van der Waals surface area contributed by atoms with E-state index in [1.165, 1.54) is 11.0 Å². The minimum Gasteiger partial charge on any atom is -0.458 e. The molecule has 0 radical (unpaired) electrons. The van der Waals surface area contributed by atoms with Gasteiger partial charge in [0.2, 0.25) is 11.0 Å². The number of carbonyl (C=O) groups excluding carboxylic acids is 2. The molecule has 0 saturated carbocycles. The maximum absolute atomic E-state index is 12.9. The number of ether oxygens (including phenoxy) is 1. The van der Waals surface area contributed by atoms with Gasteiger partial charge in [0.1, 0.15) is 23.4 Å². The molecule has 1 aliphatic heterocycles. The quantitative estimate of drug-likeness (QED) is 0.738. The third-order valence-electron chi connectivity index (χ3n) is 4.10. The monoisotopic (exact) mass is 420 g/mol. The van der Waals surface area contributed by atoms with Crippen LogP contribution in [-0.4, -0.2) is 38.7 Å². The summed E-state index contributed by atoms with van der Waals surface area (Å²) in [7, 11) is 0. The molecule has 1 aliphatic rings. The van der Waals surface area contributed by atoms with Crippen LogP contribution in [0.1, 0.15) is 26.1 Å². The van der Waals surface area contributed by atoms with Gasteiger partial charge in [-0.2, -0.15) is 4.37 Å². The lowest BCUT2D eigenvalue weighted by molar-refractivity contribution is -0.133. The number of rotatable bonds is 7. The molecule has 0 aliphatic carbocycles. The second-order valence-electron chi connectivity index (χ2n) is 6.89. The van der Waals surface area contributed by atoms with Crippen LogP contribution in [0.5, 0.6) is 5.75 Å². The Bertz CT molecular complexity index is 912. The second kappa shape index (κ2) is 8.70. The predicted molar refractivity (Wildman–Crippen MR) is 108 cm³/mol. The fourth-order valence-electron chi connectivity index (χ4n) is 2.87. The molecular formula is C19H21ClN4O3S. The summed E-state index contributed by atoms with van der Waals surface area (Å²) in [5.41, 5.74) is 0. The average molecular weight is 421 g/mol. The normalized spacial score (nSPS) is 15.0. The van der Waals surface area contributed by atoms with E-state index >= 15 is 0 Å². The van der Waals surface area contributed by atoms with Gasteiger partial charge in [-0.1, -0.05) is 37.6 Å². The highest BCUT2D eigenvalue weighted by Gasteiger charge is 2.35. The van der Waals surface area contributed by atoms with Crippen molar-refractivity contribution in [1.82, 2.24) is 14.3 Å². The number of halogens is 1. The Morgan fingerprint density at radius 3 is 2.79 bits per heavy atom. The molecular weight excluding hydrogens is 400 g/mol. The molecule has 3 rings (SSSR count). The Hall–Kier alpha value is -2.45. The van der Waals surface area contributed by atoms with Crippen LogP contribution in [0.3, 0.4) is 0 Å². The Balaban J connectivity index is 1.73. The highest BCUT2D eigenvalue weighted by Crippen LogP contribution is 2.28. The number of nitrogens with one attached hydrogen (secondary N) is 1. The van der Waals surface area contributed by atoms with Crippen molar-refractivity contribution in [2.75, 3.05) is 11.9 Å². The summed E-state index contributed by atoms with van der Waals surface area (Å²) >= 11 is 7.24. The lowest BCUT2D eigenvalue weighted by Crippen LogP contribution is -2.46. The first-order valence-electron chi connectivity index (χ1n) is 8.88. The molecule has 28 heavy (non-hydrogen) atoms. The van der Waals surface area contributed by atoms with Crippen molar-refractivity contribution in [1.29, 1.82) is 0 Å². The van der Waals surface area contributed by atoms with E-state index < -0.39 is 6.04 Å². The average Bonchev–Trinajstić information content (AvgIpc) is 3.20. The maximum Gasteiger partial charge on any atom is 0.251 e. The zero-order valence-electron chi connectivity index (χ0n) is 15.8. The Morgan fingerprint density at radius 1 is 1.39 bits per heavy atom. The molecule has 1 atom stereocenters. The summed E-state index contributed by atoms with van der Waals surface area (Å²) in [4.78, 5) is 31.1. The number of carbonyl (C=O) groups is 2. The van der Waals surface area contributed by atoms with Crippen LogP contribution < -0.4 is 10.1 Å². The van der Waals surface area contributed by atoms with Crippen LogP contribution in [0.2, 0.25) is 5.02 Å². The lowest BCUT2D eigenvalue weighted by atomic mass is 10.0. The molecule has 1 N–H and O–H groups in total. The van der Waals surface area contributed by atoms with Crippen LogP contribution in [0.25, 0.3) is 0 Å². The first kappa shape index (κ1) is 20.3. The number of amides is 2. The van der Waals surface area contributed by atoms with Gasteiger partial charge in [0.15, 0.2) is 0 Å². The summed E-state index contributed by atoms with van der Waals surface area (Å²) in [5, 5.41) is 3.64. The smallest absolute Gasteiger partial charge is 0.251 e. The van der Waals surface area contributed by atoms with Crippen molar-refractivity contribution < 1.29 is 14.3 Å². The van der Waals surface area contributed by atoms with E-state index in [-0.39, 0.29) is 24.3 Å². The summed E-state index contributed by atoms with van der Waals surface area (Å²) in [6.45, 7) is 5.96. The topological polar surface area (TPSA) is 84.4 Å². The second-order valence-corrected chi connectivity index (χ2v) is 8.05. The molecule has 7 nitrogen and oxygen atoms in total. The van der Waals surface area contributed by atoms with Gasteiger partial charge >= 0.3 is 0 Å². The van der Waals surface area contributed by atoms with E-state index in [2.05, 4.69) is 14.7 Å². The molecule has 1 aromatic heterocycles. The molecule has 2 aromatic rings. The van der Waals surface area contributed by atoms with E-state index in [9.17, 15) is 9.59 Å². The number of nitrogens with zero attached hydrogens (tertiary/aromatic N) is 3. The molecule has 0 bridgehead atoms. The zero-order chi connectivity index (χ0) is 20.3. The first-order valence-corrected chi connectivity index (χ1v) is 10.0. The largest absolute Gasteiger partial charge is 0.458 e. The SMILES string of the molecule is Cc1nsc(NC(=O)[C@H](CC(C)C)N2CC(Oc3ccccc3Cl)=CC2=O)n1. The number of anilines is 1. The van der Waals surface area contributed by atoms with Crippen molar-refractivity contribution in [3.8, 4) is 5.75 Å². The summed E-state index contributed by atoms with van der Waals surface area (Å²) in [6.07, 6.45) is 1.92. The molecule has 1 aromatic carbocycles. The summed E-state index contributed by atoms with van der Waals surface area (Å²) in [6, 6.07) is 6.40. The van der Waals surface area contributed by atoms with Crippen LogP contribution in [0.15, 0.2) is 36.1 Å². The minimum absolute atomic E-state index is 0.198. The molecule has 148 valence electrons. The van der Waals surface area contributed by atoms with Gasteiger partial charge in [0, 0.05) is 17.6 Å². The highest BCUT2D eigenvalue weighted by atomic mass is 35.5. The van der Waals surface area contributed by atoms with Gasteiger partial charge in [-0.15, -0.1) is 0 Å². The highest BCUT2D eigenvalue weighted by molar-refractivity contribution is 7.09. The molecule has 0 fully saturated rings. The summed E-state index contributed by atoms with van der Waals surface area (Å²) < 4.78 is 9.84. The number of hydrogen-bond donors (Lipinski definition) is 1. The van der Waals surface area contributed by atoms with Gasteiger partial charge < -0.3 is 9.64 Å². The van der Waals surface area contributed by atoms with Gasteiger partial charge in [-0.05, 0) is 31.4 Å². The number of para-hydroxylation sites is 1. The predicted octanol–water partition coefficient (Wildman–Crippen LogP) is 3.66. The van der Waals surface area contributed by atoms with Crippen LogP contribution in [-0.2, 0) is 9.59 Å². The maximum atomic E-state index is 12.9. The third-order valence-corrected chi connectivity index (χ3v) is 5.14. The standard InChI is InChI=1S/C19H21ClN4O3S/c1-11(2)8-15(18(26)22-19-21-12(3)23-28-19)24-10-13(9-17(24)25)27-16-7-5-4-6-14(16)20/h4-7,9,11,15H,8,10H2,1-3H3,(H,21,22,23,26)/t15-/m0/s1. The van der Waals surface area contributed by atoms with Gasteiger partial charge in [-0.25, -0.2) is 4.98 Å². The first-order chi connectivity index (χ1) is 13.3. The molecule has 0 saturated heterocycles. The van der Waals surface area contributed by atoms with E-state index in [0.717, 1.165) is 11.5 Å².